The lowest BCUT2D eigenvalue weighted by Gasteiger charge is -2.39. The molecule has 102 valence electrons. The minimum absolute atomic E-state index is 0.290. The van der Waals surface area contributed by atoms with Crippen LogP contribution in [-0.2, 0) is 28.0 Å². The summed E-state index contributed by atoms with van der Waals surface area (Å²) in [4.78, 5) is 20.1. The molecule has 5 nitrogen and oxygen atoms in total. The van der Waals surface area contributed by atoms with E-state index in [1.807, 2.05) is 0 Å². The maximum atomic E-state index is 11.0. The average Bonchev–Trinajstić information content (AvgIpc) is 2.37. The van der Waals surface area contributed by atoms with Crippen LogP contribution in [0.5, 0.6) is 0 Å². The number of hydrogen-bond acceptors (Lipinski definition) is 4. The van der Waals surface area contributed by atoms with Gasteiger partial charge in [0.1, 0.15) is 5.60 Å². The van der Waals surface area contributed by atoms with Gasteiger partial charge in [0.05, 0.1) is 5.92 Å². The lowest BCUT2D eigenvalue weighted by molar-refractivity contribution is -0.142. The molecule has 0 spiro atoms. The van der Waals surface area contributed by atoms with Crippen LogP contribution in [0.25, 0.3) is 0 Å². The van der Waals surface area contributed by atoms with Gasteiger partial charge in [-0.15, -0.1) is 0 Å². The van der Waals surface area contributed by atoms with E-state index >= 15 is 0 Å². The number of methoxy groups -OCH3 is 1. The summed E-state index contributed by atoms with van der Waals surface area (Å²) in [6, 6.07) is 0. The lowest BCUT2D eigenvalue weighted by atomic mass is 9.79. The molecule has 0 radical (unpaired) electrons. The number of aryl methyl sites for hydroxylation is 1. The first-order valence-corrected chi connectivity index (χ1v) is 6.78. The van der Waals surface area contributed by atoms with Crippen molar-refractivity contribution in [1.82, 2.24) is 9.97 Å². The van der Waals surface area contributed by atoms with Gasteiger partial charge in [-0.25, -0.2) is 9.97 Å². The van der Waals surface area contributed by atoms with E-state index in [1.54, 1.807) is 13.3 Å². The van der Waals surface area contributed by atoms with Gasteiger partial charge >= 0.3 is 5.97 Å². The zero-order valence-electron chi connectivity index (χ0n) is 11.1. The quantitative estimate of drug-likeness (QED) is 0.897. The van der Waals surface area contributed by atoms with Gasteiger partial charge in [0, 0.05) is 19.0 Å². The molecule has 1 heterocycles. The number of carbonyl (C=O) groups is 1. The number of aromatic nitrogens is 2. The molecule has 2 aliphatic rings. The first kappa shape index (κ1) is 12.5. The Labute approximate surface area is 112 Å². The third-order valence-corrected chi connectivity index (χ3v) is 4.46. The second-order valence-electron chi connectivity index (χ2n) is 5.50. The summed E-state index contributed by atoms with van der Waals surface area (Å²) in [6.07, 6.45) is 6.83. The maximum absolute atomic E-state index is 11.0. The molecule has 2 aliphatic carbocycles. The van der Waals surface area contributed by atoms with Gasteiger partial charge in [0.25, 0.3) is 0 Å². The Hall–Kier alpha value is -1.49. The number of ether oxygens (including phenoxy) is 1. The predicted octanol–water partition coefficient (Wildman–Crippen LogP) is 1.69. The zero-order valence-corrected chi connectivity index (χ0v) is 11.1. The highest BCUT2D eigenvalue weighted by Gasteiger charge is 2.42. The van der Waals surface area contributed by atoms with Crippen molar-refractivity contribution in [2.45, 2.75) is 44.1 Å². The SMILES string of the molecule is COC1(c2ncc3c(n2)CCC(C(=O)O)C3)CCC1. The summed E-state index contributed by atoms with van der Waals surface area (Å²) < 4.78 is 5.59. The van der Waals surface area contributed by atoms with Crippen LogP contribution in [-0.4, -0.2) is 28.2 Å². The Morgan fingerprint density at radius 2 is 2.32 bits per heavy atom. The minimum atomic E-state index is -0.720. The van der Waals surface area contributed by atoms with E-state index in [2.05, 4.69) is 9.97 Å². The molecule has 1 fully saturated rings. The van der Waals surface area contributed by atoms with Crippen LogP contribution in [0.3, 0.4) is 0 Å². The van der Waals surface area contributed by atoms with E-state index in [4.69, 9.17) is 9.84 Å². The summed E-state index contributed by atoms with van der Waals surface area (Å²) in [7, 11) is 1.71. The van der Waals surface area contributed by atoms with E-state index in [0.717, 1.165) is 42.8 Å². The van der Waals surface area contributed by atoms with Crippen molar-refractivity contribution in [3.05, 3.63) is 23.3 Å². The Morgan fingerprint density at radius 3 is 2.89 bits per heavy atom. The number of hydrogen-bond donors (Lipinski definition) is 1. The van der Waals surface area contributed by atoms with Gasteiger partial charge < -0.3 is 9.84 Å². The molecular weight excluding hydrogens is 244 g/mol. The summed E-state index contributed by atoms with van der Waals surface area (Å²) in [5, 5.41) is 9.07. The standard InChI is InChI=1S/C14H18N2O3/c1-19-14(5-2-6-14)13-15-8-10-7-9(12(17)18)3-4-11(10)16-13/h8-9H,2-7H2,1H3,(H,17,18). The Balaban J connectivity index is 1.87. The van der Waals surface area contributed by atoms with Gasteiger partial charge in [-0.3, -0.25) is 4.79 Å². The van der Waals surface area contributed by atoms with Crippen molar-refractivity contribution in [3.8, 4) is 0 Å². The summed E-state index contributed by atoms with van der Waals surface area (Å²) in [5.41, 5.74) is 1.69. The number of carboxylic acids is 1. The lowest BCUT2D eigenvalue weighted by Crippen LogP contribution is -2.38. The van der Waals surface area contributed by atoms with E-state index in [1.165, 1.54) is 0 Å². The van der Waals surface area contributed by atoms with Gasteiger partial charge in [0.2, 0.25) is 0 Å². The van der Waals surface area contributed by atoms with Crippen molar-refractivity contribution < 1.29 is 14.6 Å². The van der Waals surface area contributed by atoms with E-state index in [9.17, 15) is 4.79 Å². The van der Waals surface area contributed by atoms with E-state index in [0.29, 0.717) is 12.8 Å². The highest BCUT2D eigenvalue weighted by molar-refractivity contribution is 5.70. The third kappa shape index (κ3) is 2.02. The van der Waals surface area contributed by atoms with E-state index in [-0.39, 0.29) is 11.5 Å². The molecule has 1 atom stereocenters. The molecule has 1 N–H and O–H groups in total. The summed E-state index contributed by atoms with van der Waals surface area (Å²) >= 11 is 0. The molecule has 19 heavy (non-hydrogen) atoms. The van der Waals surface area contributed by atoms with Gasteiger partial charge in [0.15, 0.2) is 5.82 Å². The molecule has 0 saturated heterocycles. The van der Waals surface area contributed by atoms with Crippen LogP contribution in [0.1, 0.15) is 42.8 Å². The van der Waals surface area contributed by atoms with Crippen LogP contribution in [0.4, 0.5) is 0 Å². The monoisotopic (exact) mass is 262 g/mol. The molecule has 3 rings (SSSR count). The van der Waals surface area contributed by atoms with Crippen LogP contribution < -0.4 is 0 Å². The zero-order chi connectivity index (χ0) is 13.5. The first-order valence-electron chi connectivity index (χ1n) is 6.78. The highest BCUT2D eigenvalue weighted by atomic mass is 16.5. The Bertz CT molecular complexity index is 506. The normalized spacial score (nSPS) is 24.4. The molecule has 1 saturated carbocycles. The van der Waals surface area contributed by atoms with Crippen molar-refractivity contribution in [2.24, 2.45) is 5.92 Å². The van der Waals surface area contributed by atoms with Crippen LogP contribution in [0, 0.1) is 5.92 Å². The maximum Gasteiger partial charge on any atom is 0.306 e. The van der Waals surface area contributed by atoms with Crippen LogP contribution in [0.2, 0.25) is 0 Å². The average molecular weight is 262 g/mol. The molecule has 5 heteroatoms. The molecule has 0 aliphatic heterocycles. The van der Waals surface area contributed by atoms with Crippen LogP contribution in [0.15, 0.2) is 6.20 Å². The van der Waals surface area contributed by atoms with Gasteiger partial charge in [-0.2, -0.15) is 0 Å². The van der Waals surface area contributed by atoms with E-state index < -0.39 is 5.97 Å². The van der Waals surface area contributed by atoms with Crippen molar-refractivity contribution >= 4 is 5.97 Å². The summed E-state index contributed by atoms with van der Waals surface area (Å²) in [6.45, 7) is 0. The molecule has 0 bridgehead atoms. The second kappa shape index (κ2) is 4.56. The molecule has 1 aromatic rings. The number of carboxylic acid groups (broad SMARTS) is 1. The number of fused-ring (bicyclic) bond motifs is 1. The molecule has 0 amide bonds. The van der Waals surface area contributed by atoms with Crippen molar-refractivity contribution in [1.29, 1.82) is 0 Å². The van der Waals surface area contributed by atoms with Crippen molar-refractivity contribution in [3.63, 3.8) is 0 Å². The fourth-order valence-corrected chi connectivity index (χ4v) is 2.95. The molecular formula is C14H18N2O3. The Kier molecular flexibility index (Phi) is 3.01. The molecule has 1 unspecified atom stereocenters. The predicted molar refractivity (Wildman–Crippen MR) is 67.7 cm³/mol. The van der Waals surface area contributed by atoms with Crippen molar-refractivity contribution in [2.75, 3.05) is 7.11 Å². The smallest absolute Gasteiger partial charge is 0.306 e. The van der Waals surface area contributed by atoms with Gasteiger partial charge in [-0.1, -0.05) is 0 Å². The molecule has 0 aromatic carbocycles. The fourth-order valence-electron chi connectivity index (χ4n) is 2.95. The topological polar surface area (TPSA) is 72.3 Å². The second-order valence-corrected chi connectivity index (χ2v) is 5.50. The number of rotatable bonds is 3. The minimum Gasteiger partial charge on any atom is -0.481 e. The van der Waals surface area contributed by atoms with Gasteiger partial charge in [-0.05, 0) is 44.1 Å². The number of nitrogens with zero attached hydrogens (tertiary/aromatic N) is 2. The van der Waals surface area contributed by atoms with Crippen LogP contribution >= 0.6 is 0 Å². The highest BCUT2D eigenvalue weighted by Crippen LogP contribution is 2.42. The fraction of sp³-hybridized carbons (Fsp3) is 0.643. The first-order chi connectivity index (χ1) is 9.14. The Morgan fingerprint density at radius 1 is 1.53 bits per heavy atom. The third-order valence-electron chi connectivity index (χ3n) is 4.46. The summed E-state index contributed by atoms with van der Waals surface area (Å²) in [5.74, 6) is -0.238. The molecule has 1 aromatic heterocycles. The largest absolute Gasteiger partial charge is 0.481 e. The number of aliphatic carboxylic acids is 1.